The first-order valence-electron chi connectivity index (χ1n) is 5.54. The zero-order chi connectivity index (χ0) is 10.8. The minimum Gasteiger partial charge on any atom is -0.450 e. The van der Waals surface area contributed by atoms with Gasteiger partial charge in [0.2, 0.25) is 21.6 Å². The van der Waals surface area contributed by atoms with E-state index in [1.54, 1.807) is 0 Å². The molecular formula is C6H20B5NO2. The first-order chi connectivity index (χ1) is 6.72. The van der Waals surface area contributed by atoms with Crippen molar-refractivity contribution in [3.8, 4) is 0 Å². The molecule has 0 saturated carbocycles. The van der Waals surface area contributed by atoms with Gasteiger partial charge in [0.1, 0.15) is 15.5 Å². The van der Waals surface area contributed by atoms with Gasteiger partial charge in [0.25, 0.3) is 0 Å². The fraction of sp³-hybridized carbons (Fsp3) is 1.00. The van der Waals surface area contributed by atoms with Gasteiger partial charge < -0.3 is 14.1 Å². The largest absolute Gasteiger partial charge is 0.450 e. The van der Waals surface area contributed by atoms with Crippen LogP contribution in [0.3, 0.4) is 0 Å². The number of nitrogens with zero attached hydrogens (tertiary/aromatic N) is 1. The summed E-state index contributed by atoms with van der Waals surface area (Å²) < 4.78 is 10.7. The Kier molecular flexibility index (Phi) is 9.89. The van der Waals surface area contributed by atoms with Crippen molar-refractivity contribution in [2.45, 2.75) is 12.6 Å². The molecule has 0 aliphatic heterocycles. The van der Waals surface area contributed by atoms with E-state index in [-0.39, 0.29) is 0 Å². The molecule has 3 nitrogen and oxygen atoms in total. The van der Waals surface area contributed by atoms with Crippen molar-refractivity contribution < 1.29 is 9.31 Å². The second-order valence-electron chi connectivity index (χ2n) is 3.59. The van der Waals surface area contributed by atoms with Crippen LogP contribution >= 0.6 is 0 Å². The normalized spacial score (nSPS) is 10.2. The first-order valence-corrected chi connectivity index (χ1v) is 5.54. The molecule has 0 bridgehead atoms. The Labute approximate surface area is 91.7 Å². The van der Waals surface area contributed by atoms with E-state index in [1.807, 2.05) is 15.5 Å². The molecule has 0 spiro atoms. The molecule has 0 atom stereocenters. The van der Waals surface area contributed by atoms with E-state index >= 15 is 0 Å². The lowest BCUT2D eigenvalue weighted by molar-refractivity contribution is 0.354. The van der Waals surface area contributed by atoms with Crippen LogP contribution in [0, 0.1) is 0 Å². The first kappa shape index (κ1) is 14.2. The maximum atomic E-state index is 5.35. The summed E-state index contributed by atoms with van der Waals surface area (Å²) in [7, 11) is 9.91. The second-order valence-corrected chi connectivity index (χ2v) is 3.59. The van der Waals surface area contributed by atoms with Crippen molar-refractivity contribution in [2.24, 2.45) is 0 Å². The Hall–Kier alpha value is 0.205. The van der Waals surface area contributed by atoms with Crippen LogP contribution in [0.1, 0.15) is 0 Å². The molecule has 0 radical (unpaired) electrons. The van der Waals surface area contributed by atoms with Gasteiger partial charge in [-0.05, 0) is 26.7 Å². The van der Waals surface area contributed by atoms with Gasteiger partial charge in [-0.15, -0.1) is 0 Å². The number of rotatable bonds is 9. The number of hydrogen-bond acceptors (Lipinski definition) is 3. The summed E-state index contributed by atoms with van der Waals surface area (Å²) in [5.41, 5.74) is 0. The molecule has 0 unspecified atom stereocenters. The Balaban J connectivity index is 3.55. The van der Waals surface area contributed by atoms with Gasteiger partial charge in [0.15, 0.2) is 0 Å². The zero-order valence-corrected chi connectivity index (χ0v) is 10.1. The fourth-order valence-electron chi connectivity index (χ4n) is 1.39. The highest BCUT2D eigenvalue weighted by molar-refractivity contribution is 6.85. The number of hydrogen-bond donors (Lipinski definition) is 0. The van der Waals surface area contributed by atoms with Gasteiger partial charge in [-0.2, -0.15) is 0 Å². The summed E-state index contributed by atoms with van der Waals surface area (Å²) in [6, 6.07) is 0. The van der Waals surface area contributed by atoms with Crippen molar-refractivity contribution in [2.75, 3.05) is 27.3 Å². The molecule has 14 heavy (non-hydrogen) atoms. The average molecular weight is 192 g/mol. The zero-order valence-electron chi connectivity index (χ0n) is 10.1. The van der Waals surface area contributed by atoms with Gasteiger partial charge in [-0.25, -0.2) is 0 Å². The monoisotopic (exact) mass is 193 g/mol. The minimum atomic E-state index is 0.577. The van der Waals surface area contributed by atoms with Gasteiger partial charge in [0, 0.05) is 13.2 Å². The third kappa shape index (κ3) is 7.59. The minimum absolute atomic E-state index is 0.577. The van der Waals surface area contributed by atoms with Crippen LogP contribution in [0.4, 0.5) is 0 Å². The van der Waals surface area contributed by atoms with Crippen LogP contribution < -0.4 is 0 Å². The lowest BCUT2D eigenvalue weighted by Crippen LogP contribution is -2.35. The van der Waals surface area contributed by atoms with Crippen molar-refractivity contribution in [3.05, 3.63) is 0 Å². The molecule has 0 fully saturated rings. The summed E-state index contributed by atoms with van der Waals surface area (Å²) in [6.07, 6.45) is 2.18. The molecule has 0 rings (SSSR count). The molecule has 0 amide bonds. The fourth-order valence-corrected chi connectivity index (χ4v) is 1.39. The lowest BCUT2D eigenvalue weighted by atomic mass is 9.55. The van der Waals surface area contributed by atoms with E-state index in [4.69, 9.17) is 9.31 Å². The standard InChI is InChI=1S/C6H20B5NO2/c1-12(2)11(3-5-13-9-7)4-6-14-10-8/h9-10H,3-8H2,1-2H3. The van der Waals surface area contributed by atoms with Gasteiger partial charge in [0.05, 0.1) is 0 Å². The molecule has 0 aromatic rings. The molecule has 0 aliphatic carbocycles. The summed E-state index contributed by atoms with van der Waals surface area (Å²) in [5.74, 6) is 0. The maximum Gasteiger partial charge on any atom is 0.230 e. The highest BCUT2D eigenvalue weighted by Gasteiger charge is 2.15. The van der Waals surface area contributed by atoms with E-state index in [1.165, 1.54) is 0 Å². The highest BCUT2D eigenvalue weighted by Crippen LogP contribution is 2.02. The lowest BCUT2D eigenvalue weighted by Gasteiger charge is -2.20. The quantitative estimate of drug-likeness (QED) is 0.295. The second kappa shape index (κ2) is 9.75. The summed E-state index contributed by atoms with van der Waals surface area (Å²) in [4.78, 5) is 2.25. The average Bonchev–Trinajstić information content (AvgIpc) is 2.15. The Morgan fingerprint density at radius 2 is 1.50 bits per heavy atom. The summed E-state index contributed by atoms with van der Waals surface area (Å²) in [6.45, 7) is 2.28. The molecule has 0 aromatic carbocycles. The molecule has 0 aromatic heterocycles. The maximum absolute atomic E-state index is 5.35. The third-order valence-electron chi connectivity index (χ3n) is 2.33. The molecule has 8 heteroatoms. The predicted molar refractivity (Wildman–Crippen MR) is 72.3 cm³/mol. The summed E-state index contributed by atoms with van der Waals surface area (Å²) in [5, 5.41) is 0. The van der Waals surface area contributed by atoms with E-state index in [0.717, 1.165) is 40.6 Å². The Bertz CT molecular complexity index is 119. The van der Waals surface area contributed by atoms with Gasteiger partial charge in [-0.1, -0.05) is 0 Å². The van der Waals surface area contributed by atoms with Gasteiger partial charge >= 0.3 is 0 Å². The van der Waals surface area contributed by atoms with E-state index in [2.05, 4.69) is 18.9 Å². The van der Waals surface area contributed by atoms with Crippen molar-refractivity contribution in [1.82, 2.24) is 4.81 Å². The van der Waals surface area contributed by atoms with E-state index in [9.17, 15) is 0 Å². The van der Waals surface area contributed by atoms with Crippen molar-refractivity contribution in [3.63, 3.8) is 0 Å². The smallest absolute Gasteiger partial charge is 0.230 e. The van der Waals surface area contributed by atoms with Crippen molar-refractivity contribution >= 4 is 37.1 Å². The molecule has 0 aliphatic rings. The van der Waals surface area contributed by atoms with E-state index in [0.29, 0.717) is 6.85 Å². The molecular weight excluding hydrogens is 172 g/mol. The predicted octanol–water partition coefficient (Wildman–Crippen LogP) is -2.63. The van der Waals surface area contributed by atoms with Crippen LogP contribution in [0.5, 0.6) is 0 Å². The Morgan fingerprint density at radius 3 is 1.79 bits per heavy atom. The highest BCUT2D eigenvalue weighted by atomic mass is 16.4. The molecule has 0 heterocycles. The Morgan fingerprint density at radius 1 is 1.07 bits per heavy atom. The van der Waals surface area contributed by atoms with Crippen molar-refractivity contribution in [1.29, 1.82) is 0 Å². The van der Waals surface area contributed by atoms with Crippen LogP contribution in [-0.2, 0) is 9.31 Å². The topological polar surface area (TPSA) is 21.7 Å². The SMILES string of the molecule is BBOCCB(CCOBB)N(C)C. The summed E-state index contributed by atoms with van der Waals surface area (Å²) >= 11 is 0. The van der Waals surface area contributed by atoms with Crippen LogP contribution in [0.15, 0.2) is 0 Å². The van der Waals surface area contributed by atoms with Crippen LogP contribution in [-0.4, -0.2) is 69.2 Å². The molecule has 0 N–H and O–H groups in total. The van der Waals surface area contributed by atoms with Crippen LogP contribution in [0.25, 0.3) is 0 Å². The van der Waals surface area contributed by atoms with E-state index < -0.39 is 0 Å². The van der Waals surface area contributed by atoms with Crippen LogP contribution in [0.2, 0.25) is 12.6 Å². The van der Waals surface area contributed by atoms with Gasteiger partial charge in [-0.3, -0.25) is 0 Å². The molecule has 0 saturated heterocycles. The molecule has 76 valence electrons. The third-order valence-corrected chi connectivity index (χ3v) is 2.33.